The summed E-state index contributed by atoms with van der Waals surface area (Å²) in [6.07, 6.45) is 4.55. The van der Waals surface area contributed by atoms with Gasteiger partial charge in [-0.3, -0.25) is 0 Å². The van der Waals surface area contributed by atoms with Crippen molar-refractivity contribution in [2.45, 2.75) is 13.8 Å². The lowest BCUT2D eigenvalue weighted by Crippen LogP contribution is -1.92. The summed E-state index contributed by atoms with van der Waals surface area (Å²) in [5, 5.41) is 1.18. The van der Waals surface area contributed by atoms with Crippen molar-refractivity contribution in [3.8, 4) is 0 Å². The molecule has 2 heteroatoms. The number of nitrogens with zero attached hydrogens (tertiary/aromatic N) is 1. The maximum atomic E-state index is 4.48. The van der Waals surface area contributed by atoms with E-state index in [1.165, 1.54) is 26.7 Å². The van der Waals surface area contributed by atoms with E-state index in [1.807, 2.05) is 11.3 Å². The van der Waals surface area contributed by atoms with Crippen LogP contribution in [0.4, 0.5) is 0 Å². The van der Waals surface area contributed by atoms with Gasteiger partial charge in [0, 0.05) is 5.92 Å². The number of aromatic nitrogens is 1. The van der Waals surface area contributed by atoms with Crippen LogP contribution in [-0.2, 0) is 0 Å². The number of thiazole rings is 1. The normalized spacial score (nSPS) is 24.0. The highest BCUT2D eigenvalue weighted by Crippen LogP contribution is 2.50. The highest BCUT2D eigenvalue weighted by Gasteiger charge is 2.34. The lowest BCUT2D eigenvalue weighted by molar-refractivity contribution is 1.10. The lowest BCUT2D eigenvalue weighted by atomic mass is 10.0. The van der Waals surface area contributed by atoms with Crippen LogP contribution in [0.25, 0.3) is 11.6 Å². The second-order valence-corrected chi connectivity index (χ2v) is 4.64. The highest BCUT2D eigenvalue weighted by atomic mass is 32.1. The summed E-state index contributed by atoms with van der Waals surface area (Å²) >= 11 is 1.82. The monoisotopic (exact) mass is 175 g/mol. The summed E-state index contributed by atoms with van der Waals surface area (Å²) in [6, 6.07) is 0. The van der Waals surface area contributed by atoms with Gasteiger partial charge < -0.3 is 0 Å². The fourth-order valence-electron chi connectivity index (χ4n) is 1.78. The molecule has 0 bridgehead atoms. The molecule has 0 saturated heterocycles. The molecule has 1 atom stereocenters. The molecule has 0 fully saturated rings. The third-order valence-electron chi connectivity index (χ3n) is 2.45. The third-order valence-corrected chi connectivity index (χ3v) is 3.49. The quantitative estimate of drug-likeness (QED) is 0.591. The van der Waals surface area contributed by atoms with Gasteiger partial charge in [0.1, 0.15) is 0 Å². The Bertz CT molecular complexity index is 423. The average Bonchev–Trinajstić information content (AvgIpc) is 2.71. The fourth-order valence-corrected chi connectivity index (χ4v) is 2.74. The molecule has 2 aliphatic rings. The average molecular weight is 175 g/mol. The van der Waals surface area contributed by atoms with Crippen LogP contribution in [0.5, 0.6) is 0 Å². The molecule has 0 spiro atoms. The fraction of sp³-hybridized carbons (Fsp3) is 0.300. The number of rotatable bonds is 0. The molecule has 0 N–H and O–H groups in total. The van der Waals surface area contributed by atoms with Gasteiger partial charge in [-0.15, -0.1) is 11.3 Å². The minimum atomic E-state index is 0.664. The lowest BCUT2D eigenvalue weighted by Gasteiger charge is -2.05. The Morgan fingerprint density at radius 2 is 2.25 bits per heavy atom. The first-order valence-electron chi connectivity index (χ1n) is 4.13. The van der Waals surface area contributed by atoms with Crippen LogP contribution in [-0.4, -0.2) is 4.98 Å². The first kappa shape index (κ1) is 6.61. The van der Waals surface area contributed by atoms with Gasteiger partial charge in [0.15, 0.2) is 0 Å². The van der Waals surface area contributed by atoms with Crippen molar-refractivity contribution in [3.05, 3.63) is 27.2 Å². The summed E-state index contributed by atoms with van der Waals surface area (Å²) in [6.45, 7) is 4.26. The molecule has 0 radical (unpaired) electrons. The van der Waals surface area contributed by atoms with Crippen molar-refractivity contribution >= 4 is 23.0 Å². The van der Waals surface area contributed by atoms with E-state index in [2.05, 4.69) is 31.0 Å². The first-order chi connectivity index (χ1) is 5.75. The summed E-state index contributed by atoms with van der Waals surface area (Å²) in [5.74, 6) is 0.664. The Morgan fingerprint density at radius 1 is 1.42 bits per heavy atom. The Balaban J connectivity index is 2.27. The van der Waals surface area contributed by atoms with Gasteiger partial charge in [-0.2, -0.15) is 0 Å². The number of hydrogen-bond acceptors (Lipinski definition) is 2. The molecule has 12 heavy (non-hydrogen) atoms. The van der Waals surface area contributed by atoms with E-state index in [9.17, 15) is 0 Å². The molecule has 2 aliphatic carbocycles. The first-order valence-corrected chi connectivity index (χ1v) is 4.95. The zero-order valence-corrected chi connectivity index (χ0v) is 7.90. The van der Waals surface area contributed by atoms with Crippen molar-refractivity contribution in [1.82, 2.24) is 4.98 Å². The molecule has 0 aliphatic heterocycles. The molecule has 0 aromatic carbocycles. The molecule has 1 unspecified atom stereocenters. The number of hydrogen-bond donors (Lipinski definition) is 0. The predicted molar refractivity (Wildman–Crippen MR) is 52.0 cm³/mol. The van der Waals surface area contributed by atoms with Gasteiger partial charge in [0.25, 0.3) is 0 Å². The van der Waals surface area contributed by atoms with Crippen molar-refractivity contribution in [2.24, 2.45) is 5.92 Å². The van der Waals surface area contributed by atoms with Crippen LogP contribution in [0.3, 0.4) is 0 Å². The molecule has 0 amide bonds. The van der Waals surface area contributed by atoms with Crippen LogP contribution >= 0.6 is 11.3 Å². The Labute approximate surface area is 75.5 Å². The van der Waals surface area contributed by atoms with Gasteiger partial charge in [0.2, 0.25) is 0 Å². The molecular weight excluding hydrogens is 166 g/mol. The maximum absolute atomic E-state index is 4.48. The van der Waals surface area contributed by atoms with E-state index in [0.29, 0.717) is 5.92 Å². The standard InChI is InChI=1S/C10H9NS/c1-5-3-9-10(8-4-7(5)8)12-6(2)11-9/h3-4,7H,1-2H3. The summed E-state index contributed by atoms with van der Waals surface area (Å²) in [4.78, 5) is 5.89. The van der Waals surface area contributed by atoms with E-state index in [0.717, 1.165) is 0 Å². The second kappa shape index (κ2) is 1.88. The van der Waals surface area contributed by atoms with Crippen LogP contribution in [0.15, 0.2) is 11.6 Å². The van der Waals surface area contributed by atoms with Gasteiger partial charge in [-0.25, -0.2) is 4.98 Å². The SMILES string of the molecule is CC1=Cc2nc(C)sc2C2=CC12. The molecule has 1 aromatic rings. The van der Waals surface area contributed by atoms with E-state index in [-0.39, 0.29) is 0 Å². The Hall–Kier alpha value is -0.890. The number of aryl methyl sites for hydroxylation is 1. The van der Waals surface area contributed by atoms with Gasteiger partial charge >= 0.3 is 0 Å². The maximum Gasteiger partial charge on any atom is 0.0907 e. The molecular formula is C10H9NS. The zero-order chi connectivity index (χ0) is 8.29. The van der Waals surface area contributed by atoms with E-state index in [4.69, 9.17) is 0 Å². The number of allylic oxidation sites excluding steroid dienone is 3. The van der Waals surface area contributed by atoms with Crippen molar-refractivity contribution in [3.63, 3.8) is 0 Å². The Kier molecular flexibility index (Phi) is 1.04. The van der Waals surface area contributed by atoms with Crippen LogP contribution in [0, 0.1) is 12.8 Å². The Morgan fingerprint density at radius 3 is 3.08 bits per heavy atom. The minimum absolute atomic E-state index is 0.664. The van der Waals surface area contributed by atoms with Crippen molar-refractivity contribution in [2.75, 3.05) is 0 Å². The topological polar surface area (TPSA) is 12.9 Å². The van der Waals surface area contributed by atoms with Crippen LogP contribution < -0.4 is 0 Å². The second-order valence-electron chi connectivity index (χ2n) is 3.44. The highest BCUT2D eigenvalue weighted by molar-refractivity contribution is 7.13. The summed E-state index contributed by atoms with van der Waals surface area (Å²) in [5.41, 5.74) is 4.15. The molecule has 1 nitrogen and oxygen atoms in total. The largest absolute Gasteiger partial charge is 0.242 e. The third kappa shape index (κ3) is 0.707. The molecule has 60 valence electrons. The van der Waals surface area contributed by atoms with Gasteiger partial charge in [-0.05, 0) is 25.5 Å². The van der Waals surface area contributed by atoms with Crippen molar-refractivity contribution in [1.29, 1.82) is 0 Å². The summed E-state index contributed by atoms with van der Waals surface area (Å²) in [7, 11) is 0. The van der Waals surface area contributed by atoms with E-state index in [1.54, 1.807) is 0 Å². The van der Waals surface area contributed by atoms with Gasteiger partial charge in [0.05, 0.1) is 15.6 Å². The van der Waals surface area contributed by atoms with E-state index < -0.39 is 0 Å². The number of fused-ring (bicyclic) bond motifs is 3. The van der Waals surface area contributed by atoms with Crippen LogP contribution in [0.1, 0.15) is 22.5 Å². The van der Waals surface area contributed by atoms with Crippen LogP contribution in [0.2, 0.25) is 0 Å². The smallest absolute Gasteiger partial charge is 0.0907 e. The molecule has 1 aromatic heterocycles. The van der Waals surface area contributed by atoms with E-state index >= 15 is 0 Å². The summed E-state index contributed by atoms with van der Waals surface area (Å²) < 4.78 is 0. The minimum Gasteiger partial charge on any atom is -0.242 e. The molecule has 3 rings (SSSR count). The predicted octanol–water partition coefficient (Wildman–Crippen LogP) is 2.88. The zero-order valence-electron chi connectivity index (χ0n) is 7.09. The molecule has 0 saturated carbocycles. The molecule has 1 heterocycles. The van der Waals surface area contributed by atoms with Gasteiger partial charge in [-0.1, -0.05) is 11.6 Å². The van der Waals surface area contributed by atoms with Crippen molar-refractivity contribution < 1.29 is 0 Å².